The molecule has 1 N–H and O–H groups in total. The van der Waals surface area contributed by atoms with Crippen molar-refractivity contribution in [1.82, 2.24) is 0 Å². The largest absolute Gasteiger partial charge is 0.491 e. The lowest BCUT2D eigenvalue weighted by Gasteiger charge is -2.16. The molecule has 2 rings (SSSR count). The molecule has 0 saturated heterocycles. The van der Waals surface area contributed by atoms with E-state index in [1.165, 1.54) is 7.11 Å². The standard InChI is InChI=1S/C19H21BrClNO3/c1-5-25-17-9-12(8-15(21)18(17)24-4)19(23)22-16-7-6-13(20)10-14(16)11(2)3/h6-11H,5H2,1-4H3,(H,22,23). The van der Waals surface area contributed by atoms with Crippen molar-refractivity contribution in [3.63, 3.8) is 0 Å². The number of carbonyl (C=O) groups is 1. The zero-order valence-corrected chi connectivity index (χ0v) is 17.0. The molecule has 2 aromatic carbocycles. The SMILES string of the molecule is CCOc1cc(C(=O)Nc2ccc(Br)cc2C(C)C)cc(Cl)c1OC. The summed E-state index contributed by atoms with van der Waals surface area (Å²) in [7, 11) is 1.51. The van der Waals surface area contributed by atoms with Crippen molar-refractivity contribution >= 4 is 39.1 Å². The van der Waals surface area contributed by atoms with E-state index in [0.717, 1.165) is 15.7 Å². The van der Waals surface area contributed by atoms with E-state index in [0.29, 0.717) is 28.7 Å². The first-order valence-corrected chi connectivity index (χ1v) is 9.15. The summed E-state index contributed by atoms with van der Waals surface area (Å²) in [5.41, 5.74) is 2.23. The molecule has 0 aliphatic heterocycles. The molecule has 25 heavy (non-hydrogen) atoms. The van der Waals surface area contributed by atoms with Crippen molar-refractivity contribution in [2.45, 2.75) is 26.7 Å². The average molecular weight is 427 g/mol. The maximum atomic E-state index is 12.7. The highest BCUT2D eigenvalue weighted by Crippen LogP contribution is 2.37. The van der Waals surface area contributed by atoms with Gasteiger partial charge in [-0.05, 0) is 48.7 Å². The topological polar surface area (TPSA) is 47.6 Å². The molecule has 0 heterocycles. The van der Waals surface area contributed by atoms with Crippen LogP contribution in [0.4, 0.5) is 5.69 Å². The third-order valence-electron chi connectivity index (χ3n) is 3.66. The van der Waals surface area contributed by atoms with E-state index < -0.39 is 0 Å². The van der Waals surface area contributed by atoms with Gasteiger partial charge in [0.05, 0.1) is 18.7 Å². The summed E-state index contributed by atoms with van der Waals surface area (Å²) in [6.07, 6.45) is 0. The van der Waals surface area contributed by atoms with Gasteiger partial charge in [0.15, 0.2) is 11.5 Å². The highest BCUT2D eigenvalue weighted by Gasteiger charge is 2.17. The number of hydrogen-bond donors (Lipinski definition) is 1. The number of benzene rings is 2. The van der Waals surface area contributed by atoms with Gasteiger partial charge in [-0.2, -0.15) is 0 Å². The molecule has 0 aliphatic carbocycles. The lowest BCUT2D eigenvalue weighted by Crippen LogP contribution is -2.14. The van der Waals surface area contributed by atoms with Gasteiger partial charge in [-0.1, -0.05) is 41.4 Å². The summed E-state index contributed by atoms with van der Waals surface area (Å²) in [5, 5.41) is 3.29. The van der Waals surface area contributed by atoms with E-state index in [2.05, 4.69) is 35.1 Å². The van der Waals surface area contributed by atoms with Gasteiger partial charge in [-0.25, -0.2) is 0 Å². The van der Waals surface area contributed by atoms with Crippen LogP contribution in [0.5, 0.6) is 11.5 Å². The average Bonchev–Trinajstić information content (AvgIpc) is 2.56. The van der Waals surface area contributed by atoms with Gasteiger partial charge in [0.2, 0.25) is 0 Å². The number of hydrogen-bond acceptors (Lipinski definition) is 3. The number of methoxy groups -OCH3 is 1. The molecule has 0 bridgehead atoms. The third-order valence-corrected chi connectivity index (χ3v) is 4.43. The normalized spacial score (nSPS) is 10.7. The van der Waals surface area contributed by atoms with Crippen molar-refractivity contribution in [3.8, 4) is 11.5 Å². The van der Waals surface area contributed by atoms with Crippen LogP contribution in [0.15, 0.2) is 34.8 Å². The molecule has 0 unspecified atom stereocenters. The van der Waals surface area contributed by atoms with E-state index in [9.17, 15) is 4.79 Å². The second-order valence-corrected chi connectivity index (χ2v) is 7.09. The van der Waals surface area contributed by atoms with Gasteiger partial charge in [0, 0.05) is 15.7 Å². The summed E-state index contributed by atoms with van der Waals surface area (Å²) in [4.78, 5) is 12.7. The number of amides is 1. The molecular formula is C19H21BrClNO3. The van der Waals surface area contributed by atoms with Crippen LogP contribution in [0.1, 0.15) is 42.6 Å². The number of ether oxygens (including phenoxy) is 2. The third kappa shape index (κ3) is 4.67. The van der Waals surface area contributed by atoms with Crippen LogP contribution >= 0.6 is 27.5 Å². The first-order chi connectivity index (χ1) is 11.9. The molecule has 0 fully saturated rings. The Labute approximate surface area is 161 Å². The van der Waals surface area contributed by atoms with Gasteiger partial charge < -0.3 is 14.8 Å². The van der Waals surface area contributed by atoms with Crippen LogP contribution < -0.4 is 14.8 Å². The molecule has 4 nitrogen and oxygen atoms in total. The molecule has 0 saturated carbocycles. The van der Waals surface area contributed by atoms with Gasteiger partial charge in [0.25, 0.3) is 5.91 Å². The Morgan fingerprint density at radius 2 is 2.00 bits per heavy atom. The lowest BCUT2D eigenvalue weighted by atomic mass is 10.0. The van der Waals surface area contributed by atoms with Gasteiger partial charge >= 0.3 is 0 Å². The molecule has 134 valence electrons. The maximum absolute atomic E-state index is 12.7. The maximum Gasteiger partial charge on any atom is 0.255 e. The first-order valence-electron chi connectivity index (χ1n) is 7.98. The van der Waals surface area contributed by atoms with Crippen LogP contribution in [-0.2, 0) is 0 Å². The minimum atomic E-state index is -0.255. The number of halogens is 2. The molecule has 0 aliphatic rings. The van der Waals surface area contributed by atoms with E-state index in [1.54, 1.807) is 12.1 Å². The van der Waals surface area contributed by atoms with Gasteiger partial charge in [-0.15, -0.1) is 0 Å². The molecule has 0 radical (unpaired) electrons. The van der Waals surface area contributed by atoms with Gasteiger partial charge in [-0.3, -0.25) is 4.79 Å². The predicted octanol–water partition coefficient (Wildman–Crippen LogP) is 5.89. The Morgan fingerprint density at radius 3 is 2.60 bits per heavy atom. The van der Waals surface area contributed by atoms with Crippen molar-refractivity contribution in [2.24, 2.45) is 0 Å². The quantitative estimate of drug-likeness (QED) is 0.627. The molecule has 0 spiro atoms. The van der Waals surface area contributed by atoms with E-state index >= 15 is 0 Å². The van der Waals surface area contributed by atoms with E-state index in [-0.39, 0.29) is 11.8 Å². The smallest absolute Gasteiger partial charge is 0.255 e. The zero-order valence-electron chi connectivity index (χ0n) is 14.7. The Hall–Kier alpha value is -1.72. The van der Waals surface area contributed by atoms with Crippen LogP contribution in [0.2, 0.25) is 5.02 Å². The molecule has 0 atom stereocenters. The fourth-order valence-electron chi connectivity index (χ4n) is 2.48. The highest BCUT2D eigenvalue weighted by molar-refractivity contribution is 9.10. The highest BCUT2D eigenvalue weighted by atomic mass is 79.9. The molecule has 1 amide bonds. The summed E-state index contributed by atoms with van der Waals surface area (Å²) < 4.78 is 11.8. The van der Waals surface area contributed by atoms with Crippen LogP contribution in [-0.4, -0.2) is 19.6 Å². The Morgan fingerprint density at radius 1 is 1.28 bits per heavy atom. The molecule has 6 heteroatoms. The number of nitrogens with one attached hydrogen (secondary N) is 1. The van der Waals surface area contributed by atoms with Crippen molar-refractivity contribution in [2.75, 3.05) is 19.0 Å². The molecular weight excluding hydrogens is 406 g/mol. The molecule has 2 aromatic rings. The second kappa shape index (κ2) is 8.59. The minimum Gasteiger partial charge on any atom is -0.491 e. The second-order valence-electron chi connectivity index (χ2n) is 5.76. The Bertz CT molecular complexity index is 778. The van der Waals surface area contributed by atoms with Crippen LogP contribution in [0.25, 0.3) is 0 Å². The fourth-order valence-corrected chi connectivity index (χ4v) is 3.15. The fraction of sp³-hybridized carbons (Fsp3) is 0.316. The number of rotatable bonds is 6. The number of carbonyl (C=O) groups excluding carboxylic acids is 1. The summed E-state index contributed by atoms with van der Waals surface area (Å²) in [6, 6.07) is 9.00. The monoisotopic (exact) mass is 425 g/mol. The molecule has 0 aromatic heterocycles. The Kier molecular flexibility index (Phi) is 6.73. The summed E-state index contributed by atoms with van der Waals surface area (Å²) in [6.45, 7) is 6.46. The lowest BCUT2D eigenvalue weighted by molar-refractivity contribution is 0.102. The van der Waals surface area contributed by atoms with Crippen molar-refractivity contribution in [1.29, 1.82) is 0 Å². The Balaban J connectivity index is 2.36. The van der Waals surface area contributed by atoms with E-state index in [1.807, 2.05) is 25.1 Å². The van der Waals surface area contributed by atoms with Gasteiger partial charge in [0.1, 0.15) is 0 Å². The predicted molar refractivity (Wildman–Crippen MR) is 105 cm³/mol. The van der Waals surface area contributed by atoms with Crippen LogP contribution in [0, 0.1) is 0 Å². The summed E-state index contributed by atoms with van der Waals surface area (Å²) >= 11 is 9.70. The minimum absolute atomic E-state index is 0.255. The first kappa shape index (κ1) is 19.6. The van der Waals surface area contributed by atoms with Crippen molar-refractivity contribution < 1.29 is 14.3 Å². The van der Waals surface area contributed by atoms with Crippen molar-refractivity contribution in [3.05, 3.63) is 51.0 Å². The zero-order chi connectivity index (χ0) is 18.6. The number of anilines is 1. The van der Waals surface area contributed by atoms with E-state index in [4.69, 9.17) is 21.1 Å². The van der Waals surface area contributed by atoms with Crippen LogP contribution in [0.3, 0.4) is 0 Å². The summed E-state index contributed by atoms with van der Waals surface area (Å²) in [5.74, 6) is 0.884.